The molecule has 3 heterocycles. The number of carboxylic acid groups (broad SMARTS) is 1. The maximum atomic E-state index is 13.1. The number of thioether (sulfide) groups is 2. The molecule has 38 heavy (non-hydrogen) atoms. The van der Waals surface area contributed by atoms with Crippen molar-refractivity contribution in [1.29, 1.82) is 0 Å². The number of carbonyl (C=O) groups is 3. The van der Waals surface area contributed by atoms with Crippen LogP contribution in [0.4, 0.5) is 0 Å². The minimum Gasteiger partial charge on any atom is -0.477 e. The monoisotopic (exact) mass is 584 g/mol. The van der Waals surface area contributed by atoms with E-state index in [1.54, 1.807) is 12.1 Å². The topological polar surface area (TPSA) is 234 Å². The van der Waals surface area contributed by atoms with Gasteiger partial charge in [0.1, 0.15) is 17.1 Å². The quantitative estimate of drug-likeness (QED) is 0.0987. The zero-order valence-electron chi connectivity index (χ0n) is 19.6. The number of aromatic amines is 1. The van der Waals surface area contributed by atoms with Gasteiger partial charge in [-0.1, -0.05) is 36.0 Å². The summed E-state index contributed by atoms with van der Waals surface area (Å²) in [5.41, 5.74) is 7.39. The highest BCUT2D eigenvalue weighted by Gasteiger charge is 2.54. The van der Waals surface area contributed by atoms with Gasteiger partial charge < -0.3 is 16.2 Å². The average molecular weight is 585 g/mol. The Morgan fingerprint density at radius 3 is 2.68 bits per heavy atom. The number of tetrazole rings is 1. The van der Waals surface area contributed by atoms with E-state index in [2.05, 4.69) is 25.9 Å². The number of rotatable bonds is 12. The van der Waals surface area contributed by atoms with Crippen LogP contribution in [0.15, 0.2) is 40.7 Å². The van der Waals surface area contributed by atoms with E-state index in [0.29, 0.717) is 5.57 Å². The van der Waals surface area contributed by atoms with E-state index in [4.69, 9.17) is 10.3 Å². The Labute approximate surface area is 225 Å². The predicted molar refractivity (Wildman–Crippen MR) is 136 cm³/mol. The molecule has 2 amide bonds. The van der Waals surface area contributed by atoms with Crippen molar-refractivity contribution < 1.29 is 32.5 Å². The molecule has 0 saturated carbocycles. The number of aromatic nitrogens is 4. The normalized spacial score (nSPS) is 20.1. The number of carbonyl (C=O) groups excluding carboxylic acids is 2. The van der Waals surface area contributed by atoms with Crippen LogP contribution >= 0.6 is 23.5 Å². The smallest absolute Gasteiger partial charge is 0.352 e. The highest BCUT2D eigenvalue weighted by Crippen LogP contribution is 2.44. The third-order valence-corrected chi connectivity index (χ3v) is 8.94. The molecule has 1 aromatic heterocycles. The fraction of sp³-hybridized carbons (Fsp3) is 0.400. The molecule has 0 radical (unpaired) electrons. The van der Waals surface area contributed by atoms with Crippen molar-refractivity contribution in [2.75, 3.05) is 12.3 Å². The third kappa shape index (κ3) is 6.33. The van der Waals surface area contributed by atoms with Crippen molar-refractivity contribution in [1.82, 2.24) is 35.6 Å². The first-order chi connectivity index (χ1) is 18.1. The zero-order valence-corrected chi connectivity index (χ0v) is 22.1. The molecule has 1 saturated heterocycles. The number of nitrogens with one attached hydrogen (secondary N) is 3. The van der Waals surface area contributed by atoms with Crippen LogP contribution in [0.1, 0.15) is 17.5 Å². The molecule has 2 aliphatic heterocycles. The van der Waals surface area contributed by atoms with Gasteiger partial charge >= 0.3 is 16.3 Å². The number of benzene rings is 1. The Hall–Kier alpha value is -3.03. The van der Waals surface area contributed by atoms with Crippen LogP contribution in [0.2, 0.25) is 0 Å². The van der Waals surface area contributed by atoms with Gasteiger partial charge in [-0.25, -0.2) is 9.89 Å². The molecule has 1 fully saturated rings. The molecule has 3 atom stereocenters. The Bertz CT molecular complexity index is 1350. The van der Waals surface area contributed by atoms with Crippen molar-refractivity contribution in [3.8, 4) is 0 Å². The molecule has 0 aliphatic carbocycles. The lowest BCUT2D eigenvalue weighted by molar-refractivity contribution is -0.150. The second kappa shape index (κ2) is 11.8. The largest absolute Gasteiger partial charge is 0.477 e. The standard InChI is InChI=1S/C20H24N8O7S3/c21-8-11-4-2-1-3-10(11)7-14(29)23-15-17(30)28-16(19(31)32)12(9-36-18(15)28)13(5-6-22-38(33,34)35)37-20-24-26-27-25-20/h1-4,13,15,18,22H,5-9,21H2,(H,23,29)(H,31,32)(H,33,34,35)(H,24,25,26,27)/t13?,15?,18-/m0/s1. The van der Waals surface area contributed by atoms with Gasteiger partial charge in [-0.05, 0) is 33.5 Å². The lowest BCUT2D eigenvalue weighted by Gasteiger charge is -2.50. The van der Waals surface area contributed by atoms with E-state index >= 15 is 0 Å². The number of H-pyrrole nitrogens is 1. The number of hydrogen-bond acceptors (Lipinski definition) is 11. The molecule has 0 spiro atoms. The highest BCUT2D eigenvalue weighted by atomic mass is 32.2. The first-order valence-electron chi connectivity index (χ1n) is 11.2. The first kappa shape index (κ1) is 28.0. The third-order valence-electron chi connectivity index (χ3n) is 5.87. The number of aliphatic carboxylic acids is 1. The van der Waals surface area contributed by atoms with Gasteiger partial charge in [-0.2, -0.15) is 13.1 Å². The fourth-order valence-corrected chi connectivity index (χ4v) is 7.10. The van der Waals surface area contributed by atoms with Crippen LogP contribution in [0, 0.1) is 0 Å². The van der Waals surface area contributed by atoms with E-state index in [-0.39, 0.29) is 42.5 Å². The summed E-state index contributed by atoms with van der Waals surface area (Å²) in [5, 5.41) is 25.0. The molecular formula is C20H24N8O7S3. The SMILES string of the molecule is NCc1ccccc1CC(=O)NC1C(=O)N2C(C(=O)O)=C(C(CCNS(=O)(=O)O)Sc3nnn[nH]3)CS[C@@H]12. The van der Waals surface area contributed by atoms with Gasteiger partial charge in [-0.15, -0.1) is 16.9 Å². The van der Waals surface area contributed by atoms with Crippen LogP contribution in [-0.2, 0) is 37.7 Å². The van der Waals surface area contributed by atoms with E-state index in [0.717, 1.165) is 27.8 Å². The van der Waals surface area contributed by atoms with Gasteiger partial charge in [0, 0.05) is 24.1 Å². The van der Waals surface area contributed by atoms with Gasteiger partial charge in [-0.3, -0.25) is 19.0 Å². The Morgan fingerprint density at radius 1 is 1.32 bits per heavy atom. The van der Waals surface area contributed by atoms with Crippen molar-refractivity contribution in [2.45, 2.75) is 41.2 Å². The molecular weight excluding hydrogens is 560 g/mol. The summed E-state index contributed by atoms with van der Waals surface area (Å²) < 4.78 is 33.1. The molecule has 1 aromatic carbocycles. The van der Waals surface area contributed by atoms with Crippen molar-refractivity contribution in [3.05, 3.63) is 46.7 Å². The van der Waals surface area contributed by atoms with Gasteiger partial charge in [0.2, 0.25) is 11.1 Å². The van der Waals surface area contributed by atoms with E-state index < -0.39 is 44.8 Å². The Balaban J connectivity index is 1.52. The van der Waals surface area contributed by atoms with E-state index in [9.17, 15) is 27.9 Å². The highest BCUT2D eigenvalue weighted by molar-refractivity contribution is 8.01. The molecule has 2 unspecified atom stereocenters. The maximum absolute atomic E-state index is 13.1. The van der Waals surface area contributed by atoms with Crippen LogP contribution in [-0.4, -0.2) is 90.3 Å². The predicted octanol–water partition coefficient (Wildman–Crippen LogP) is -1.12. The van der Waals surface area contributed by atoms with Crippen LogP contribution < -0.4 is 15.8 Å². The summed E-state index contributed by atoms with van der Waals surface area (Å²) in [7, 11) is -4.46. The van der Waals surface area contributed by atoms with Crippen molar-refractivity contribution in [3.63, 3.8) is 0 Å². The van der Waals surface area contributed by atoms with Gasteiger partial charge in [0.05, 0.1) is 6.42 Å². The molecule has 15 nitrogen and oxygen atoms in total. The summed E-state index contributed by atoms with van der Waals surface area (Å²) in [6.45, 7) is 0.0517. The molecule has 2 aliphatic rings. The Kier molecular flexibility index (Phi) is 8.68. The maximum Gasteiger partial charge on any atom is 0.352 e. The number of carboxylic acids is 1. The number of hydrogen-bond donors (Lipinski definition) is 6. The van der Waals surface area contributed by atoms with Crippen LogP contribution in [0.3, 0.4) is 0 Å². The fourth-order valence-electron chi connectivity index (χ4n) is 4.17. The summed E-state index contributed by atoms with van der Waals surface area (Å²) in [5.74, 6) is -2.12. The zero-order chi connectivity index (χ0) is 27.4. The van der Waals surface area contributed by atoms with Gasteiger partial charge in [0.15, 0.2) is 0 Å². The number of nitrogens with zero attached hydrogens (tertiary/aromatic N) is 4. The molecule has 7 N–H and O–H groups in total. The summed E-state index contributed by atoms with van der Waals surface area (Å²) in [6, 6.07) is 6.29. The number of amides is 2. The molecule has 18 heteroatoms. The number of β-lactam (4-membered cyclic amide) rings is 1. The molecule has 4 rings (SSSR count). The minimum absolute atomic E-state index is 0.0200. The van der Waals surface area contributed by atoms with E-state index in [1.807, 2.05) is 16.9 Å². The average Bonchev–Trinajstić information content (AvgIpc) is 3.38. The number of nitrogens with two attached hydrogens (primary N) is 1. The lowest BCUT2D eigenvalue weighted by atomic mass is 9.99. The second-order valence-electron chi connectivity index (χ2n) is 8.25. The molecule has 2 aromatic rings. The summed E-state index contributed by atoms with van der Waals surface area (Å²) in [4.78, 5) is 39.2. The van der Waals surface area contributed by atoms with Crippen molar-refractivity contribution >= 4 is 51.6 Å². The van der Waals surface area contributed by atoms with Gasteiger partial charge in [0.25, 0.3) is 5.91 Å². The minimum atomic E-state index is -4.46. The summed E-state index contributed by atoms with van der Waals surface area (Å²) in [6.07, 6.45) is 0.0807. The van der Waals surface area contributed by atoms with Crippen LogP contribution in [0.5, 0.6) is 0 Å². The lowest BCUT2D eigenvalue weighted by Crippen LogP contribution is -2.70. The van der Waals surface area contributed by atoms with E-state index in [1.165, 1.54) is 11.8 Å². The van der Waals surface area contributed by atoms with Crippen molar-refractivity contribution in [2.24, 2.45) is 5.73 Å². The summed E-state index contributed by atoms with van der Waals surface area (Å²) >= 11 is 2.33. The molecule has 204 valence electrons. The Morgan fingerprint density at radius 2 is 2.05 bits per heavy atom. The molecule has 0 bridgehead atoms. The first-order valence-corrected chi connectivity index (χ1v) is 14.6. The second-order valence-corrected chi connectivity index (χ2v) is 11.8. The number of fused-ring (bicyclic) bond motifs is 1. The van der Waals surface area contributed by atoms with Crippen LogP contribution in [0.25, 0.3) is 0 Å².